The average molecular weight is 566 g/mol. The number of anilines is 1. The Bertz CT molecular complexity index is 1480. The number of aryl methyl sites for hydroxylation is 1. The van der Waals surface area contributed by atoms with Crippen LogP contribution in [-0.2, 0) is 16.4 Å². The van der Waals surface area contributed by atoms with Gasteiger partial charge in [0.05, 0.1) is 30.4 Å². The number of ether oxygens (including phenoxy) is 2. The fourth-order valence-electron chi connectivity index (χ4n) is 4.69. The van der Waals surface area contributed by atoms with Gasteiger partial charge in [-0.05, 0) is 73.7 Å². The molecule has 0 unspecified atom stereocenters. The lowest BCUT2D eigenvalue weighted by atomic mass is 10.1. The Labute approximate surface area is 235 Å². The van der Waals surface area contributed by atoms with Crippen molar-refractivity contribution in [3.05, 3.63) is 82.9 Å². The molecule has 0 saturated carbocycles. The van der Waals surface area contributed by atoms with Gasteiger partial charge in [-0.3, -0.25) is 9.59 Å². The largest absolute Gasteiger partial charge is 0.493 e. The van der Waals surface area contributed by atoms with Crippen molar-refractivity contribution in [1.82, 2.24) is 9.62 Å². The van der Waals surface area contributed by atoms with E-state index in [1.165, 1.54) is 16.4 Å². The van der Waals surface area contributed by atoms with E-state index in [0.29, 0.717) is 54.4 Å². The molecule has 2 amide bonds. The first kappa shape index (κ1) is 29.1. The molecule has 0 spiro atoms. The molecule has 4 rings (SSSR count). The van der Waals surface area contributed by atoms with Crippen molar-refractivity contribution in [2.45, 2.75) is 37.5 Å². The van der Waals surface area contributed by atoms with E-state index >= 15 is 0 Å². The van der Waals surface area contributed by atoms with Gasteiger partial charge in [0.15, 0.2) is 11.5 Å². The van der Waals surface area contributed by atoms with Gasteiger partial charge in [0.2, 0.25) is 10.0 Å². The number of sulfonamides is 1. The number of carbonyl (C=O) groups excluding carboxylic acids is 2. The normalized spacial score (nSPS) is 13.9. The minimum Gasteiger partial charge on any atom is -0.493 e. The molecule has 0 aliphatic carbocycles. The number of rotatable bonds is 10. The minimum absolute atomic E-state index is 0.0892. The summed E-state index contributed by atoms with van der Waals surface area (Å²) in [6, 6.07) is 16.9. The second kappa shape index (κ2) is 13.0. The Morgan fingerprint density at radius 3 is 2.30 bits per heavy atom. The minimum atomic E-state index is -3.70. The molecule has 212 valence electrons. The number of nitrogens with one attached hydrogen (secondary N) is 2. The van der Waals surface area contributed by atoms with Gasteiger partial charge < -0.3 is 20.1 Å². The summed E-state index contributed by atoms with van der Waals surface area (Å²) < 4.78 is 38.4. The van der Waals surface area contributed by atoms with Crippen molar-refractivity contribution >= 4 is 27.5 Å². The maximum Gasteiger partial charge on any atom is 0.255 e. The molecule has 3 aromatic carbocycles. The molecular weight excluding hydrogens is 530 g/mol. The van der Waals surface area contributed by atoms with E-state index in [0.717, 1.165) is 24.8 Å². The molecule has 0 bridgehead atoms. The Kier molecular flexibility index (Phi) is 9.44. The van der Waals surface area contributed by atoms with Crippen LogP contribution in [0.25, 0.3) is 0 Å². The molecule has 9 nitrogen and oxygen atoms in total. The van der Waals surface area contributed by atoms with Gasteiger partial charge in [-0.1, -0.05) is 30.7 Å². The zero-order chi connectivity index (χ0) is 28.7. The van der Waals surface area contributed by atoms with E-state index in [1.807, 2.05) is 18.2 Å². The Hall–Kier alpha value is -3.89. The monoisotopic (exact) mass is 565 g/mol. The molecule has 3 aromatic rings. The van der Waals surface area contributed by atoms with Crippen LogP contribution in [0.1, 0.15) is 51.1 Å². The number of methoxy groups -OCH3 is 2. The zero-order valence-corrected chi connectivity index (χ0v) is 23.8. The standard InChI is InChI=1S/C30H35N3O6S/c1-21-11-13-23(40(36,37)33-17-7-4-8-18-33)20-25(21)30(35)32-26-10-6-5-9-24(26)29(34)31-16-15-22-12-14-27(38-2)28(19-22)39-3/h5-6,9-14,19-20H,4,7-8,15-18H2,1-3H3,(H,31,34)(H,32,35). The first-order valence-corrected chi connectivity index (χ1v) is 14.7. The maximum absolute atomic E-state index is 13.3. The third kappa shape index (κ3) is 6.63. The lowest BCUT2D eigenvalue weighted by Gasteiger charge is -2.26. The van der Waals surface area contributed by atoms with Crippen LogP contribution >= 0.6 is 0 Å². The lowest BCUT2D eigenvalue weighted by Crippen LogP contribution is -2.35. The molecule has 0 radical (unpaired) electrons. The fraction of sp³-hybridized carbons (Fsp3) is 0.333. The van der Waals surface area contributed by atoms with Crippen LogP contribution in [0, 0.1) is 6.92 Å². The number of hydrogen-bond donors (Lipinski definition) is 2. The van der Waals surface area contributed by atoms with Crippen molar-refractivity contribution in [3.8, 4) is 11.5 Å². The number of nitrogens with zero attached hydrogens (tertiary/aromatic N) is 1. The van der Waals surface area contributed by atoms with Gasteiger partial charge >= 0.3 is 0 Å². The predicted octanol–water partition coefficient (Wildman–Crippen LogP) is 4.41. The van der Waals surface area contributed by atoms with Gasteiger partial charge in [-0.25, -0.2) is 8.42 Å². The molecule has 2 N–H and O–H groups in total. The summed E-state index contributed by atoms with van der Waals surface area (Å²) in [5.41, 5.74) is 2.47. The molecule has 1 heterocycles. The number of carbonyl (C=O) groups is 2. The van der Waals surface area contributed by atoms with E-state index in [9.17, 15) is 18.0 Å². The lowest BCUT2D eigenvalue weighted by molar-refractivity contribution is 0.0955. The van der Waals surface area contributed by atoms with Crippen molar-refractivity contribution in [2.24, 2.45) is 0 Å². The number of benzene rings is 3. The molecule has 1 saturated heterocycles. The average Bonchev–Trinajstić information content (AvgIpc) is 2.97. The molecule has 1 fully saturated rings. The summed E-state index contributed by atoms with van der Waals surface area (Å²) in [4.78, 5) is 26.4. The zero-order valence-electron chi connectivity index (χ0n) is 23.0. The van der Waals surface area contributed by atoms with E-state index in [2.05, 4.69) is 10.6 Å². The number of amides is 2. The summed E-state index contributed by atoms with van der Waals surface area (Å²) in [5.74, 6) is 0.417. The third-order valence-corrected chi connectivity index (χ3v) is 8.87. The van der Waals surface area contributed by atoms with Gasteiger partial charge in [0, 0.05) is 25.2 Å². The highest BCUT2D eigenvalue weighted by molar-refractivity contribution is 7.89. The van der Waals surface area contributed by atoms with E-state index in [1.54, 1.807) is 51.5 Å². The van der Waals surface area contributed by atoms with Gasteiger partial charge in [-0.15, -0.1) is 0 Å². The molecular formula is C30H35N3O6S. The first-order chi connectivity index (χ1) is 19.2. The van der Waals surface area contributed by atoms with E-state index in [4.69, 9.17) is 9.47 Å². The summed E-state index contributed by atoms with van der Waals surface area (Å²) in [5, 5.41) is 5.70. The van der Waals surface area contributed by atoms with Crippen LogP contribution < -0.4 is 20.1 Å². The Morgan fingerprint density at radius 2 is 1.57 bits per heavy atom. The quantitative estimate of drug-likeness (QED) is 0.377. The SMILES string of the molecule is COc1ccc(CCNC(=O)c2ccccc2NC(=O)c2cc(S(=O)(=O)N3CCCCC3)ccc2C)cc1OC. The van der Waals surface area contributed by atoms with Gasteiger partial charge in [-0.2, -0.15) is 4.31 Å². The molecule has 0 atom stereocenters. The summed E-state index contributed by atoms with van der Waals surface area (Å²) in [7, 11) is -0.554. The van der Waals surface area contributed by atoms with Crippen LogP contribution in [0.3, 0.4) is 0 Å². The van der Waals surface area contributed by atoms with Crippen molar-refractivity contribution in [1.29, 1.82) is 0 Å². The van der Waals surface area contributed by atoms with Crippen LogP contribution in [0.5, 0.6) is 11.5 Å². The van der Waals surface area contributed by atoms with E-state index < -0.39 is 15.9 Å². The molecule has 10 heteroatoms. The van der Waals surface area contributed by atoms with Crippen LogP contribution in [0.15, 0.2) is 65.6 Å². The topological polar surface area (TPSA) is 114 Å². The smallest absolute Gasteiger partial charge is 0.255 e. The molecule has 40 heavy (non-hydrogen) atoms. The summed E-state index contributed by atoms with van der Waals surface area (Å²) in [6.45, 7) is 3.07. The van der Waals surface area contributed by atoms with Crippen LogP contribution in [-0.4, -0.2) is 58.4 Å². The molecule has 1 aliphatic rings. The first-order valence-electron chi connectivity index (χ1n) is 13.2. The van der Waals surface area contributed by atoms with Crippen molar-refractivity contribution in [3.63, 3.8) is 0 Å². The summed E-state index contributed by atoms with van der Waals surface area (Å²) >= 11 is 0. The summed E-state index contributed by atoms with van der Waals surface area (Å²) in [6.07, 6.45) is 3.23. The second-order valence-corrected chi connectivity index (χ2v) is 11.6. The molecule has 1 aliphatic heterocycles. The number of piperidine rings is 1. The van der Waals surface area contributed by atoms with Crippen molar-refractivity contribution < 1.29 is 27.5 Å². The predicted molar refractivity (Wildman–Crippen MR) is 154 cm³/mol. The van der Waals surface area contributed by atoms with Gasteiger partial charge in [0.25, 0.3) is 11.8 Å². The van der Waals surface area contributed by atoms with Gasteiger partial charge in [0.1, 0.15) is 0 Å². The number of para-hydroxylation sites is 1. The highest BCUT2D eigenvalue weighted by Gasteiger charge is 2.27. The highest BCUT2D eigenvalue weighted by Crippen LogP contribution is 2.28. The Morgan fingerprint density at radius 1 is 0.850 bits per heavy atom. The van der Waals surface area contributed by atoms with Crippen LogP contribution in [0.2, 0.25) is 0 Å². The second-order valence-electron chi connectivity index (χ2n) is 9.64. The Balaban J connectivity index is 1.46. The third-order valence-electron chi connectivity index (χ3n) is 6.97. The maximum atomic E-state index is 13.3. The highest BCUT2D eigenvalue weighted by atomic mass is 32.2. The fourth-order valence-corrected chi connectivity index (χ4v) is 6.24. The number of hydrogen-bond acceptors (Lipinski definition) is 6. The van der Waals surface area contributed by atoms with E-state index in [-0.39, 0.29) is 16.4 Å². The van der Waals surface area contributed by atoms with Crippen molar-refractivity contribution in [2.75, 3.05) is 39.2 Å². The molecule has 0 aromatic heterocycles. The van der Waals surface area contributed by atoms with Crippen LogP contribution in [0.4, 0.5) is 5.69 Å².